The van der Waals surface area contributed by atoms with Crippen molar-refractivity contribution in [3.05, 3.63) is 0 Å². The highest BCUT2D eigenvalue weighted by atomic mass is 16.1. The molecular weight excluding hydrogens is 176 g/mol. The lowest BCUT2D eigenvalue weighted by atomic mass is 9.90. The maximum absolute atomic E-state index is 11.8. The second kappa shape index (κ2) is 4.89. The molecule has 0 aromatic rings. The lowest BCUT2D eigenvalue weighted by Gasteiger charge is -2.23. The fourth-order valence-electron chi connectivity index (χ4n) is 1.50. The Morgan fingerprint density at radius 2 is 2.00 bits per heavy atom. The molecule has 0 bridgehead atoms. The van der Waals surface area contributed by atoms with Crippen LogP contribution in [0.4, 0.5) is 0 Å². The zero-order valence-corrected chi connectivity index (χ0v) is 9.60. The largest absolute Gasteiger partial charge is 0.315 e. The number of nitrogens with one attached hydrogen (secondary N) is 1. The first kappa shape index (κ1) is 11.7. The zero-order chi connectivity index (χ0) is 10.6. The van der Waals surface area contributed by atoms with Crippen LogP contribution in [0.15, 0.2) is 0 Å². The summed E-state index contributed by atoms with van der Waals surface area (Å²) < 4.78 is 0. The molecule has 1 heterocycles. The molecule has 1 saturated heterocycles. The molecule has 0 radical (unpaired) electrons. The maximum atomic E-state index is 11.8. The van der Waals surface area contributed by atoms with Crippen LogP contribution in [0.3, 0.4) is 0 Å². The van der Waals surface area contributed by atoms with Crippen LogP contribution < -0.4 is 5.32 Å². The van der Waals surface area contributed by atoms with E-state index in [2.05, 4.69) is 10.2 Å². The molecule has 0 aliphatic carbocycles. The first-order valence-corrected chi connectivity index (χ1v) is 5.46. The summed E-state index contributed by atoms with van der Waals surface area (Å²) in [5, 5.41) is 3.34. The van der Waals surface area contributed by atoms with Crippen molar-refractivity contribution in [1.29, 1.82) is 0 Å². The van der Waals surface area contributed by atoms with Gasteiger partial charge in [0.25, 0.3) is 0 Å². The molecule has 1 rings (SSSR count). The smallest absolute Gasteiger partial charge is 0.152 e. The number of carbonyl (C=O) groups excluding carboxylic acids is 1. The molecule has 0 unspecified atom stereocenters. The Morgan fingerprint density at radius 3 is 2.64 bits per heavy atom. The Balaban J connectivity index is 2.38. The van der Waals surface area contributed by atoms with E-state index in [1.54, 1.807) is 0 Å². The molecule has 0 spiro atoms. The second-order valence-corrected chi connectivity index (χ2v) is 5.05. The molecule has 0 aromatic carbocycles. The first-order valence-electron chi connectivity index (χ1n) is 5.46. The minimum atomic E-state index is -0.195. The van der Waals surface area contributed by atoms with Crippen molar-refractivity contribution in [3.8, 4) is 0 Å². The van der Waals surface area contributed by atoms with Gasteiger partial charge in [-0.1, -0.05) is 20.8 Å². The summed E-state index contributed by atoms with van der Waals surface area (Å²) in [6, 6.07) is 0. The number of carbonyl (C=O) groups is 1. The quantitative estimate of drug-likeness (QED) is 0.715. The fourth-order valence-corrected chi connectivity index (χ4v) is 1.50. The van der Waals surface area contributed by atoms with Gasteiger partial charge in [0.2, 0.25) is 0 Å². The lowest BCUT2D eigenvalue weighted by Crippen LogP contribution is -2.37. The van der Waals surface area contributed by atoms with E-state index in [1.807, 2.05) is 20.8 Å². The third kappa shape index (κ3) is 3.76. The third-order valence-electron chi connectivity index (χ3n) is 2.64. The standard InChI is InChI=1S/C11H22N2O/c1-11(2,3)10(14)9-13-7-4-5-12-6-8-13/h12H,4-9H2,1-3H3. The summed E-state index contributed by atoms with van der Waals surface area (Å²) in [5.41, 5.74) is -0.195. The molecule has 3 nitrogen and oxygen atoms in total. The van der Waals surface area contributed by atoms with E-state index < -0.39 is 0 Å². The van der Waals surface area contributed by atoms with Gasteiger partial charge in [0.1, 0.15) is 0 Å². The van der Waals surface area contributed by atoms with Gasteiger partial charge < -0.3 is 5.32 Å². The molecule has 1 aliphatic rings. The number of hydrogen-bond donors (Lipinski definition) is 1. The fraction of sp³-hybridized carbons (Fsp3) is 0.909. The molecule has 1 aliphatic heterocycles. The van der Waals surface area contributed by atoms with Gasteiger partial charge in [-0.15, -0.1) is 0 Å². The zero-order valence-electron chi connectivity index (χ0n) is 9.60. The van der Waals surface area contributed by atoms with Crippen LogP contribution >= 0.6 is 0 Å². The molecule has 1 N–H and O–H groups in total. The molecule has 0 saturated carbocycles. The molecular formula is C11H22N2O. The summed E-state index contributed by atoms with van der Waals surface area (Å²) >= 11 is 0. The topological polar surface area (TPSA) is 32.3 Å². The number of Topliss-reactive ketones (excluding diaryl/α,β-unsaturated/α-hetero) is 1. The highest BCUT2D eigenvalue weighted by molar-refractivity contribution is 5.85. The summed E-state index contributed by atoms with van der Waals surface area (Å²) in [5.74, 6) is 0.347. The molecule has 1 fully saturated rings. The minimum Gasteiger partial charge on any atom is -0.315 e. The van der Waals surface area contributed by atoms with E-state index in [0.29, 0.717) is 12.3 Å². The van der Waals surface area contributed by atoms with Crippen molar-refractivity contribution in [2.45, 2.75) is 27.2 Å². The molecule has 14 heavy (non-hydrogen) atoms. The Hall–Kier alpha value is -0.410. The van der Waals surface area contributed by atoms with Crippen LogP contribution in [0, 0.1) is 5.41 Å². The minimum absolute atomic E-state index is 0.195. The third-order valence-corrected chi connectivity index (χ3v) is 2.64. The average Bonchev–Trinajstić information content (AvgIpc) is 2.31. The summed E-state index contributed by atoms with van der Waals surface area (Å²) in [4.78, 5) is 14.0. The van der Waals surface area contributed by atoms with Crippen LogP contribution in [0.5, 0.6) is 0 Å². The highest BCUT2D eigenvalue weighted by Crippen LogP contribution is 2.15. The lowest BCUT2D eigenvalue weighted by molar-refractivity contribution is -0.127. The van der Waals surface area contributed by atoms with Crippen LogP contribution in [0.1, 0.15) is 27.2 Å². The Kier molecular flexibility index (Phi) is 4.08. The monoisotopic (exact) mass is 198 g/mol. The summed E-state index contributed by atoms with van der Waals surface area (Å²) in [6.45, 7) is 10.7. The van der Waals surface area contributed by atoms with Gasteiger partial charge in [-0.05, 0) is 19.5 Å². The van der Waals surface area contributed by atoms with Gasteiger partial charge in [0.05, 0.1) is 6.54 Å². The highest BCUT2D eigenvalue weighted by Gasteiger charge is 2.23. The number of rotatable bonds is 2. The normalized spacial score (nSPS) is 20.5. The molecule has 82 valence electrons. The van der Waals surface area contributed by atoms with Crippen LogP contribution in [-0.4, -0.2) is 43.4 Å². The summed E-state index contributed by atoms with van der Waals surface area (Å²) in [6.07, 6.45) is 1.15. The van der Waals surface area contributed by atoms with E-state index in [1.165, 1.54) is 0 Å². The van der Waals surface area contributed by atoms with Crippen LogP contribution in [0.25, 0.3) is 0 Å². The maximum Gasteiger partial charge on any atom is 0.152 e. The Labute approximate surface area is 86.9 Å². The van der Waals surface area contributed by atoms with Gasteiger partial charge in [-0.3, -0.25) is 9.69 Å². The van der Waals surface area contributed by atoms with Crippen molar-refractivity contribution < 1.29 is 4.79 Å². The van der Waals surface area contributed by atoms with Gasteiger partial charge in [0, 0.05) is 18.5 Å². The SMILES string of the molecule is CC(C)(C)C(=O)CN1CCCNCC1. The van der Waals surface area contributed by atoms with Crippen LogP contribution in [0.2, 0.25) is 0 Å². The van der Waals surface area contributed by atoms with Crippen molar-refractivity contribution in [3.63, 3.8) is 0 Å². The predicted octanol–water partition coefficient (Wildman–Crippen LogP) is 0.897. The average molecular weight is 198 g/mol. The molecule has 3 heteroatoms. The van der Waals surface area contributed by atoms with Crippen molar-refractivity contribution in [2.24, 2.45) is 5.41 Å². The summed E-state index contributed by atoms with van der Waals surface area (Å²) in [7, 11) is 0. The predicted molar refractivity (Wildman–Crippen MR) is 58.4 cm³/mol. The van der Waals surface area contributed by atoms with Crippen molar-refractivity contribution >= 4 is 5.78 Å². The number of nitrogens with zero attached hydrogens (tertiary/aromatic N) is 1. The van der Waals surface area contributed by atoms with E-state index in [0.717, 1.165) is 32.6 Å². The van der Waals surface area contributed by atoms with Gasteiger partial charge >= 0.3 is 0 Å². The van der Waals surface area contributed by atoms with E-state index in [4.69, 9.17) is 0 Å². The Morgan fingerprint density at radius 1 is 1.29 bits per heavy atom. The second-order valence-electron chi connectivity index (χ2n) is 5.05. The van der Waals surface area contributed by atoms with E-state index in [-0.39, 0.29) is 5.41 Å². The molecule has 0 aromatic heterocycles. The van der Waals surface area contributed by atoms with Gasteiger partial charge in [0.15, 0.2) is 5.78 Å². The van der Waals surface area contributed by atoms with Crippen molar-refractivity contribution in [1.82, 2.24) is 10.2 Å². The molecule has 0 atom stereocenters. The first-order chi connectivity index (χ1) is 6.50. The van der Waals surface area contributed by atoms with Crippen molar-refractivity contribution in [2.75, 3.05) is 32.7 Å². The van der Waals surface area contributed by atoms with Gasteiger partial charge in [-0.2, -0.15) is 0 Å². The van der Waals surface area contributed by atoms with Crippen LogP contribution in [-0.2, 0) is 4.79 Å². The van der Waals surface area contributed by atoms with Gasteiger partial charge in [-0.25, -0.2) is 0 Å². The molecule has 0 amide bonds. The van der Waals surface area contributed by atoms with E-state index >= 15 is 0 Å². The Bertz CT molecular complexity index is 188. The number of ketones is 1. The number of hydrogen-bond acceptors (Lipinski definition) is 3. The van der Waals surface area contributed by atoms with E-state index in [9.17, 15) is 4.79 Å².